The molecule has 0 spiro atoms. The Kier molecular flexibility index (Phi) is 12.2. The van der Waals surface area contributed by atoms with E-state index in [1.807, 2.05) is 7.11 Å². The topological polar surface area (TPSA) is 36.9 Å². The summed E-state index contributed by atoms with van der Waals surface area (Å²) in [5, 5.41) is 5.15. The van der Waals surface area contributed by atoms with E-state index >= 15 is 0 Å². The first kappa shape index (κ1) is 38.1. The zero-order chi connectivity index (χ0) is 33.1. The number of rotatable bonds is 11. The largest absolute Gasteiger partial charge is 0.443 e. The van der Waals surface area contributed by atoms with Gasteiger partial charge in [-0.1, -0.05) is 73.7 Å². The smallest absolute Gasteiger partial charge is 0.311 e. The summed E-state index contributed by atoms with van der Waals surface area (Å²) in [5.41, 5.74) is 6.72. The normalized spacial score (nSPS) is 13.6. The minimum absolute atomic E-state index is 1.28. The Balaban J connectivity index is 2.17. The molecule has 0 atom stereocenters. The van der Waals surface area contributed by atoms with E-state index in [1.54, 1.807) is 0 Å². The van der Waals surface area contributed by atoms with Gasteiger partial charge in [0.15, 0.2) is 0 Å². The Morgan fingerprint density at radius 1 is 0.419 bits per heavy atom. The molecule has 0 aromatic heterocycles. The maximum atomic E-state index is 6.98. The molecule has 0 heterocycles. The van der Waals surface area contributed by atoms with Gasteiger partial charge in [-0.2, -0.15) is 0 Å². The number of hydrogen-bond donors (Lipinski definition) is 0. The average Bonchev–Trinajstić information content (AvgIpc) is 2.84. The van der Waals surface area contributed by atoms with E-state index in [1.165, 1.54) is 20.7 Å². The van der Waals surface area contributed by atoms with Crippen molar-refractivity contribution in [3.63, 3.8) is 0 Å². The Morgan fingerprint density at radius 2 is 0.721 bits per heavy atom. The fraction of sp³-hybridized carbons (Fsp3) is 0.500. The number of benzene rings is 2. The van der Waals surface area contributed by atoms with Gasteiger partial charge in [0.05, 0.1) is 0 Å². The van der Waals surface area contributed by atoms with E-state index in [-0.39, 0.29) is 0 Å². The van der Waals surface area contributed by atoms with Gasteiger partial charge in [-0.3, -0.25) is 0 Å². The van der Waals surface area contributed by atoms with E-state index in [9.17, 15) is 0 Å². The molecule has 0 saturated heterocycles. The van der Waals surface area contributed by atoms with Crippen LogP contribution in [0.2, 0.25) is 98.2 Å². The highest BCUT2D eigenvalue weighted by atomic mass is 28.5. The van der Waals surface area contributed by atoms with Crippen LogP contribution in [0.15, 0.2) is 48.5 Å². The van der Waals surface area contributed by atoms with E-state index < -0.39 is 58.2 Å². The molecule has 0 aliphatic heterocycles. The highest BCUT2D eigenvalue weighted by Gasteiger charge is 2.42. The fourth-order valence-electron chi connectivity index (χ4n) is 5.15. The van der Waals surface area contributed by atoms with E-state index in [2.05, 4.69) is 170 Å². The third-order valence-corrected chi connectivity index (χ3v) is 29.1. The molecule has 0 aliphatic carbocycles. The summed E-state index contributed by atoms with van der Waals surface area (Å²) in [6, 6.07) is 18.0. The molecule has 2 aromatic carbocycles. The lowest BCUT2D eigenvalue weighted by atomic mass is 10.4. The van der Waals surface area contributed by atoms with Gasteiger partial charge in [0.2, 0.25) is 33.3 Å². The van der Waals surface area contributed by atoms with Gasteiger partial charge in [0.25, 0.3) is 8.32 Å². The zero-order valence-electron chi connectivity index (χ0n) is 29.8. The molecule has 0 radical (unpaired) electrons. The lowest BCUT2D eigenvalue weighted by Crippen LogP contribution is -2.60. The maximum Gasteiger partial charge on any atom is 0.311 e. The van der Waals surface area contributed by atoms with Gasteiger partial charge in [0, 0.05) is 7.11 Å². The van der Waals surface area contributed by atoms with Crippen LogP contribution in [0.25, 0.3) is 0 Å². The van der Waals surface area contributed by atoms with Crippen molar-refractivity contribution in [2.75, 3.05) is 7.11 Å². The average molecular weight is 701 g/mol. The van der Waals surface area contributed by atoms with Gasteiger partial charge in [-0.15, -0.1) is 5.54 Å². The van der Waals surface area contributed by atoms with Crippen LogP contribution in [0.5, 0.6) is 0 Å². The number of hydrogen-bond acceptors (Lipinski definition) is 4. The molecule has 43 heavy (non-hydrogen) atoms. The molecular weight excluding hydrogens is 645 g/mol. The Morgan fingerprint density at radius 3 is 1.05 bits per heavy atom. The summed E-state index contributed by atoms with van der Waals surface area (Å²) in [4.78, 5) is 0. The summed E-state index contributed by atoms with van der Waals surface area (Å²) in [5.74, 6) is 6.19. The van der Waals surface area contributed by atoms with Crippen molar-refractivity contribution in [1.29, 1.82) is 0 Å². The third kappa shape index (κ3) is 11.7. The summed E-state index contributed by atoms with van der Waals surface area (Å²) in [6.45, 7) is 33.6. The van der Waals surface area contributed by atoms with Crippen molar-refractivity contribution in [1.82, 2.24) is 0 Å². The van der Waals surface area contributed by atoms with Crippen LogP contribution in [0.3, 0.4) is 0 Å². The molecule has 2 rings (SSSR count). The minimum atomic E-state index is -2.43. The predicted molar refractivity (Wildman–Crippen MR) is 205 cm³/mol. The van der Waals surface area contributed by atoms with E-state index in [4.69, 9.17) is 16.8 Å². The first-order valence-electron chi connectivity index (χ1n) is 15.2. The molecule has 0 fully saturated rings. The van der Waals surface area contributed by atoms with Crippen molar-refractivity contribution in [3.05, 3.63) is 48.5 Å². The van der Waals surface area contributed by atoms with Crippen LogP contribution in [0, 0.1) is 22.9 Å². The van der Waals surface area contributed by atoms with Crippen molar-refractivity contribution in [3.8, 4) is 22.9 Å². The van der Waals surface area contributed by atoms with Crippen LogP contribution >= 0.6 is 0 Å². The molecule has 0 bridgehead atoms. The monoisotopic (exact) mass is 700 g/mol. The molecule has 0 saturated carbocycles. The van der Waals surface area contributed by atoms with E-state index in [0.717, 1.165) is 0 Å². The van der Waals surface area contributed by atoms with Crippen molar-refractivity contribution < 1.29 is 16.8 Å². The molecular formula is C32H56O4Si7. The lowest BCUT2D eigenvalue weighted by molar-refractivity contribution is 0.401. The first-order chi connectivity index (χ1) is 19.3. The summed E-state index contributed by atoms with van der Waals surface area (Å²) in [6.07, 6.45) is 0. The zero-order valence-corrected chi connectivity index (χ0v) is 36.8. The van der Waals surface area contributed by atoms with Crippen LogP contribution in [0.1, 0.15) is 0 Å². The standard InChI is InChI=1S/C32H56O4Si7/c1-33-39(7,8)29-19-21-31(22-20-29)41(11,12)35-43(15,16)36-42(13,14)32-25-23-30(24-26-32)40(9,10)34-38(5,6)28-18-17-27-37(2,3)4/h19-26H,1-16H3. The quantitative estimate of drug-likeness (QED) is 0.211. The fourth-order valence-corrected chi connectivity index (χ4v) is 27.2. The van der Waals surface area contributed by atoms with Crippen LogP contribution < -0.4 is 20.7 Å². The summed E-state index contributed by atoms with van der Waals surface area (Å²) >= 11 is 0. The van der Waals surface area contributed by atoms with E-state index in [0.29, 0.717) is 0 Å². The molecule has 11 heteroatoms. The second-order valence-corrected chi connectivity index (χ2v) is 43.4. The third-order valence-electron chi connectivity index (χ3n) is 7.44. The highest BCUT2D eigenvalue weighted by Crippen LogP contribution is 2.21. The molecule has 0 aliphatic rings. The summed E-state index contributed by atoms with van der Waals surface area (Å²) in [7, 11) is -12.6. The second kappa shape index (κ2) is 13.7. The minimum Gasteiger partial charge on any atom is -0.443 e. The van der Waals surface area contributed by atoms with Gasteiger partial charge >= 0.3 is 8.56 Å². The molecule has 2 aromatic rings. The van der Waals surface area contributed by atoms with Gasteiger partial charge in [-0.05, 0) is 111 Å². The molecule has 0 unspecified atom stereocenters. The SMILES string of the molecule is CO[Si](C)(C)c1ccc([Si](C)(C)O[Si](C)(C)O[Si](C)(C)c2ccc([Si](C)(C)O[Si](C)(C)C#CC#C[Si](C)(C)C)cc2)cc1. The molecule has 0 N–H and O–H groups in total. The first-order valence-corrected chi connectivity index (χ1v) is 36.1. The van der Waals surface area contributed by atoms with Crippen molar-refractivity contribution in [2.24, 2.45) is 0 Å². The highest BCUT2D eigenvalue weighted by molar-refractivity contribution is 6.97. The Labute approximate surface area is 271 Å². The Bertz CT molecular complexity index is 1370. The second-order valence-electron chi connectivity index (χ2n) is 15.4. The summed E-state index contributed by atoms with van der Waals surface area (Å²) < 4.78 is 26.5. The van der Waals surface area contributed by atoms with Crippen molar-refractivity contribution >= 4 is 79.0 Å². The van der Waals surface area contributed by atoms with Crippen LogP contribution in [-0.2, 0) is 16.8 Å². The maximum absolute atomic E-state index is 6.98. The van der Waals surface area contributed by atoms with Crippen molar-refractivity contribution in [2.45, 2.75) is 98.2 Å². The molecule has 236 valence electrons. The predicted octanol–water partition coefficient (Wildman–Crippen LogP) is 6.06. The van der Waals surface area contributed by atoms with Gasteiger partial charge < -0.3 is 16.8 Å². The van der Waals surface area contributed by atoms with Crippen LogP contribution in [0.4, 0.5) is 0 Å². The molecule has 4 nitrogen and oxygen atoms in total. The van der Waals surface area contributed by atoms with Gasteiger partial charge in [-0.25, -0.2) is 0 Å². The Hall–Kier alpha value is -1.08. The van der Waals surface area contributed by atoms with Gasteiger partial charge in [0.1, 0.15) is 8.07 Å². The molecule has 0 amide bonds. The van der Waals surface area contributed by atoms with Crippen LogP contribution in [-0.4, -0.2) is 65.3 Å². The lowest BCUT2D eigenvalue weighted by Gasteiger charge is -2.39.